The van der Waals surface area contributed by atoms with Crippen molar-refractivity contribution in [3.63, 3.8) is 0 Å². The monoisotopic (exact) mass is 513 g/mol. The molecule has 0 aliphatic carbocycles. The Labute approximate surface area is 205 Å². The Morgan fingerprint density at radius 2 is 1.79 bits per heavy atom. The molecule has 0 aliphatic heterocycles. The van der Waals surface area contributed by atoms with Crippen LogP contribution in [-0.4, -0.2) is 51.0 Å². The molecule has 0 saturated heterocycles. The van der Waals surface area contributed by atoms with Crippen molar-refractivity contribution < 1.29 is 18.0 Å². The number of carbonyl (C=O) groups excluding carboxylic acids is 2. The van der Waals surface area contributed by atoms with Crippen molar-refractivity contribution in [2.24, 2.45) is 0 Å². The number of halogens is 2. The zero-order chi connectivity index (χ0) is 24.8. The molecule has 33 heavy (non-hydrogen) atoms. The number of likely N-dealkylation sites (N-methyl/N-ethyl adjacent to an activating group) is 1. The van der Waals surface area contributed by atoms with E-state index in [0.29, 0.717) is 21.3 Å². The van der Waals surface area contributed by atoms with Gasteiger partial charge in [0.05, 0.1) is 11.9 Å². The summed E-state index contributed by atoms with van der Waals surface area (Å²) < 4.78 is 26.1. The Hall–Kier alpha value is -2.29. The molecule has 0 unspecified atom stereocenters. The molecule has 0 bridgehead atoms. The number of carbonyl (C=O) groups is 2. The lowest BCUT2D eigenvalue weighted by atomic mass is 10.1. The predicted molar refractivity (Wildman–Crippen MR) is 133 cm³/mol. The number of amides is 2. The third kappa shape index (κ3) is 7.35. The molecule has 0 saturated carbocycles. The number of hydrogen-bond donors (Lipinski definition) is 1. The summed E-state index contributed by atoms with van der Waals surface area (Å²) in [5.74, 6) is -0.556. The third-order valence-electron chi connectivity index (χ3n) is 5.32. The van der Waals surface area contributed by atoms with Crippen molar-refractivity contribution >= 4 is 50.7 Å². The molecule has 0 spiro atoms. The maximum absolute atomic E-state index is 13.1. The van der Waals surface area contributed by atoms with Crippen LogP contribution in [0.15, 0.2) is 42.5 Å². The van der Waals surface area contributed by atoms with Crippen molar-refractivity contribution in [2.45, 2.75) is 39.3 Å². The summed E-state index contributed by atoms with van der Waals surface area (Å²) in [4.78, 5) is 26.8. The molecule has 180 valence electrons. The lowest BCUT2D eigenvalue weighted by molar-refractivity contribution is -0.140. The second-order valence-electron chi connectivity index (χ2n) is 7.76. The summed E-state index contributed by atoms with van der Waals surface area (Å²) in [6, 6.07) is 11.4. The lowest BCUT2D eigenvalue weighted by Crippen LogP contribution is -2.46. The van der Waals surface area contributed by atoms with E-state index in [1.807, 2.05) is 6.07 Å². The first kappa shape index (κ1) is 27.0. The highest BCUT2D eigenvalue weighted by Crippen LogP contribution is 2.28. The van der Waals surface area contributed by atoms with Gasteiger partial charge in [-0.2, -0.15) is 0 Å². The average Bonchev–Trinajstić information content (AvgIpc) is 2.75. The predicted octanol–water partition coefficient (Wildman–Crippen LogP) is 4.01. The van der Waals surface area contributed by atoms with Gasteiger partial charge in [0.25, 0.3) is 0 Å². The van der Waals surface area contributed by atoms with Crippen LogP contribution in [0.5, 0.6) is 0 Å². The van der Waals surface area contributed by atoms with Gasteiger partial charge in [-0.05, 0) is 55.7 Å². The Balaban J connectivity index is 2.18. The maximum Gasteiger partial charge on any atom is 0.242 e. The van der Waals surface area contributed by atoms with Crippen LogP contribution in [0.1, 0.15) is 30.9 Å². The molecule has 2 amide bonds. The maximum atomic E-state index is 13.1. The fraction of sp³-hybridized carbons (Fsp3) is 0.391. The zero-order valence-electron chi connectivity index (χ0n) is 19.1. The lowest BCUT2D eigenvalue weighted by Gasteiger charge is -2.29. The van der Waals surface area contributed by atoms with Gasteiger partial charge in [0.15, 0.2) is 0 Å². The Bertz CT molecular complexity index is 1110. The number of hydrogen-bond acceptors (Lipinski definition) is 4. The number of sulfonamides is 1. The first-order valence-electron chi connectivity index (χ1n) is 10.4. The molecular weight excluding hydrogens is 485 g/mol. The molecular formula is C23H29Cl2N3O4S. The van der Waals surface area contributed by atoms with Crippen molar-refractivity contribution in [1.29, 1.82) is 0 Å². The summed E-state index contributed by atoms with van der Waals surface area (Å²) in [6.45, 7) is 3.71. The number of anilines is 1. The standard InChI is InChI=1S/C23H29Cl2N3O4S/c1-16-20(25)10-6-11-21(16)28(33(4,31)32)13-7-12-22(29)27(17(2)23(30)26-3)15-18-8-5-9-19(24)14-18/h5-6,8-11,14,17H,7,12-13,15H2,1-4H3,(H,26,30)/t17-/m1/s1. The smallest absolute Gasteiger partial charge is 0.242 e. The normalized spacial score (nSPS) is 12.2. The summed E-state index contributed by atoms with van der Waals surface area (Å²) in [6.07, 6.45) is 1.45. The van der Waals surface area contributed by atoms with Gasteiger partial charge in [-0.25, -0.2) is 8.42 Å². The minimum absolute atomic E-state index is 0.0630. The van der Waals surface area contributed by atoms with Crippen molar-refractivity contribution in [3.8, 4) is 0 Å². The van der Waals surface area contributed by atoms with Crippen LogP contribution >= 0.6 is 23.2 Å². The first-order chi connectivity index (χ1) is 15.5. The van der Waals surface area contributed by atoms with E-state index in [2.05, 4.69) is 5.32 Å². The molecule has 0 aromatic heterocycles. The molecule has 2 aromatic carbocycles. The van der Waals surface area contributed by atoms with Crippen LogP contribution < -0.4 is 9.62 Å². The zero-order valence-corrected chi connectivity index (χ0v) is 21.5. The van der Waals surface area contributed by atoms with Gasteiger partial charge in [0.1, 0.15) is 6.04 Å². The largest absolute Gasteiger partial charge is 0.357 e. The Morgan fingerprint density at radius 1 is 1.12 bits per heavy atom. The highest BCUT2D eigenvalue weighted by atomic mass is 35.5. The van der Waals surface area contributed by atoms with E-state index < -0.39 is 16.1 Å². The van der Waals surface area contributed by atoms with Crippen molar-refractivity contribution in [1.82, 2.24) is 10.2 Å². The van der Waals surface area contributed by atoms with Gasteiger partial charge in [0, 0.05) is 36.6 Å². The van der Waals surface area contributed by atoms with Crippen LogP contribution in [-0.2, 0) is 26.2 Å². The van der Waals surface area contributed by atoms with E-state index in [1.54, 1.807) is 50.2 Å². The Morgan fingerprint density at radius 3 is 2.39 bits per heavy atom. The molecule has 2 aromatic rings. The first-order valence-corrected chi connectivity index (χ1v) is 13.0. The van der Waals surface area contributed by atoms with Gasteiger partial charge in [-0.15, -0.1) is 0 Å². The second kappa shape index (κ2) is 11.7. The number of nitrogens with zero attached hydrogens (tertiary/aromatic N) is 2. The quantitative estimate of drug-likeness (QED) is 0.519. The summed E-state index contributed by atoms with van der Waals surface area (Å²) >= 11 is 12.2. The van der Waals surface area contributed by atoms with Crippen molar-refractivity contribution in [2.75, 3.05) is 24.2 Å². The van der Waals surface area contributed by atoms with Crippen LogP contribution in [0.4, 0.5) is 5.69 Å². The van der Waals surface area contributed by atoms with Crippen molar-refractivity contribution in [3.05, 3.63) is 63.6 Å². The molecule has 10 heteroatoms. The minimum Gasteiger partial charge on any atom is -0.357 e. The molecule has 0 fully saturated rings. The average molecular weight is 514 g/mol. The van der Waals surface area contributed by atoms with E-state index in [9.17, 15) is 18.0 Å². The molecule has 2 rings (SSSR count). The van der Waals surface area contributed by atoms with Crippen LogP contribution in [0.2, 0.25) is 10.0 Å². The van der Waals surface area contributed by atoms with Gasteiger partial charge in [0.2, 0.25) is 21.8 Å². The highest BCUT2D eigenvalue weighted by molar-refractivity contribution is 7.92. The van der Waals surface area contributed by atoms with E-state index >= 15 is 0 Å². The topological polar surface area (TPSA) is 86.8 Å². The number of rotatable bonds is 10. The van der Waals surface area contributed by atoms with E-state index in [0.717, 1.165) is 11.8 Å². The van der Waals surface area contributed by atoms with E-state index in [-0.39, 0.29) is 37.7 Å². The van der Waals surface area contributed by atoms with Crippen LogP contribution in [0.3, 0.4) is 0 Å². The SMILES string of the molecule is CNC(=O)[C@@H](C)N(Cc1cccc(Cl)c1)C(=O)CCCN(c1cccc(Cl)c1C)S(C)(=O)=O. The fourth-order valence-electron chi connectivity index (χ4n) is 3.47. The van der Waals surface area contributed by atoms with E-state index in [4.69, 9.17) is 23.2 Å². The van der Waals surface area contributed by atoms with E-state index in [1.165, 1.54) is 16.3 Å². The van der Waals surface area contributed by atoms with Gasteiger partial charge < -0.3 is 10.2 Å². The second-order valence-corrected chi connectivity index (χ2v) is 10.5. The summed E-state index contributed by atoms with van der Waals surface area (Å²) in [5, 5.41) is 3.56. The molecule has 7 nitrogen and oxygen atoms in total. The highest BCUT2D eigenvalue weighted by Gasteiger charge is 2.26. The van der Waals surface area contributed by atoms with Gasteiger partial charge in [-0.3, -0.25) is 13.9 Å². The minimum atomic E-state index is -3.59. The molecule has 1 atom stereocenters. The summed E-state index contributed by atoms with van der Waals surface area (Å²) in [5.41, 5.74) is 1.91. The van der Waals surface area contributed by atoms with Crippen LogP contribution in [0, 0.1) is 6.92 Å². The van der Waals surface area contributed by atoms with Gasteiger partial charge in [-0.1, -0.05) is 41.4 Å². The molecule has 0 heterocycles. The molecule has 1 N–H and O–H groups in total. The van der Waals surface area contributed by atoms with Gasteiger partial charge >= 0.3 is 0 Å². The fourth-order valence-corrected chi connectivity index (χ4v) is 4.87. The van der Waals surface area contributed by atoms with Crippen LogP contribution in [0.25, 0.3) is 0 Å². The summed E-state index contributed by atoms with van der Waals surface area (Å²) in [7, 11) is -2.08. The number of nitrogens with one attached hydrogen (secondary N) is 1. The molecule has 0 aliphatic rings. The third-order valence-corrected chi connectivity index (χ3v) is 7.14. The number of benzene rings is 2. The molecule has 0 radical (unpaired) electrons. The Kier molecular flexibility index (Phi) is 9.57.